The van der Waals surface area contributed by atoms with Crippen LogP contribution in [0.15, 0.2) is 40.8 Å². The van der Waals surface area contributed by atoms with Gasteiger partial charge < -0.3 is 4.42 Å². The molecular formula is C33H36B15N3O. The van der Waals surface area contributed by atoms with Crippen molar-refractivity contribution in [2.24, 2.45) is 0 Å². The quantitative estimate of drug-likeness (QED) is 0.178. The van der Waals surface area contributed by atoms with E-state index >= 15 is 0 Å². The highest BCUT2D eigenvalue weighted by Gasteiger charge is 2.22. The number of hydrogen-bond acceptors (Lipinski definition) is 4. The van der Waals surface area contributed by atoms with E-state index in [1.165, 1.54) is 93.1 Å². The Morgan fingerprint density at radius 2 is 0.596 bits per heavy atom. The molecule has 7 aromatic rings. The smallest absolute Gasteiger partial charge is 0.164 e. The van der Waals surface area contributed by atoms with Gasteiger partial charge in [0.1, 0.15) is 129 Å². The fraction of sp³-hybridized carbons (Fsp3) is 0. The molecule has 0 radical (unpaired) electrons. The molecule has 0 bridgehead atoms. The summed E-state index contributed by atoms with van der Waals surface area (Å²) in [4.78, 5) is 15.8. The average Bonchev–Trinajstić information content (AvgIpc) is 3.50. The SMILES string of the molecule is Bc1c(B)c(B)c(-c2ccc3c(c2)oc2cc(-c4nc(-c5c(B)c(B)c(B)c(B)c5B)nc(-c5c(B)c(B)c(B)c(B)c5B)n4)ccc23)c(B)c1B. The maximum Gasteiger partial charge on any atom is 0.164 e. The molecule has 2 heterocycles. The first-order valence-corrected chi connectivity index (χ1v) is 18.5. The number of benzene rings is 5. The summed E-state index contributed by atoms with van der Waals surface area (Å²) < 4.78 is 6.66. The fourth-order valence-electron chi connectivity index (χ4n) is 8.40. The topological polar surface area (TPSA) is 51.8 Å². The molecule has 52 heavy (non-hydrogen) atoms. The van der Waals surface area contributed by atoms with Crippen LogP contribution in [0.5, 0.6) is 0 Å². The van der Waals surface area contributed by atoms with Crippen LogP contribution in [0.1, 0.15) is 0 Å². The molecular weight excluding hydrogens is 617 g/mol. The minimum Gasteiger partial charge on any atom is -0.456 e. The van der Waals surface area contributed by atoms with E-state index in [2.05, 4.69) is 154 Å². The van der Waals surface area contributed by atoms with E-state index < -0.39 is 0 Å². The summed E-state index contributed by atoms with van der Waals surface area (Å²) >= 11 is 0. The Bertz CT molecular complexity index is 2540. The third-order valence-electron chi connectivity index (χ3n) is 13.1. The van der Waals surface area contributed by atoms with Crippen molar-refractivity contribution in [3.8, 4) is 45.3 Å². The van der Waals surface area contributed by atoms with Gasteiger partial charge in [-0.1, -0.05) is 44.9 Å². The van der Waals surface area contributed by atoms with E-state index in [1.807, 2.05) is 0 Å². The van der Waals surface area contributed by atoms with E-state index in [1.54, 1.807) is 0 Å². The second-order valence-electron chi connectivity index (χ2n) is 15.3. The van der Waals surface area contributed by atoms with Crippen LogP contribution >= 0.6 is 0 Å². The zero-order valence-corrected chi connectivity index (χ0v) is 33.7. The molecule has 4 nitrogen and oxygen atoms in total. The minimum absolute atomic E-state index is 0.643. The number of hydrogen-bond donors (Lipinski definition) is 0. The highest BCUT2D eigenvalue weighted by atomic mass is 16.3. The van der Waals surface area contributed by atoms with Crippen molar-refractivity contribution < 1.29 is 4.42 Å². The van der Waals surface area contributed by atoms with Gasteiger partial charge in [0.05, 0.1) is 0 Å². The number of fused-ring (bicyclic) bond motifs is 3. The van der Waals surface area contributed by atoms with Gasteiger partial charge in [0.25, 0.3) is 0 Å². The van der Waals surface area contributed by atoms with Crippen LogP contribution in [0, 0.1) is 0 Å². The minimum atomic E-state index is 0.643. The first-order chi connectivity index (χ1) is 24.5. The predicted octanol–water partition coefficient (Wildman–Crippen LogP) is -17.7. The first kappa shape index (κ1) is 36.3. The summed E-state index contributed by atoms with van der Waals surface area (Å²) in [6, 6.07) is 13.0. The summed E-state index contributed by atoms with van der Waals surface area (Å²) in [6.07, 6.45) is 0. The summed E-state index contributed by atoms with van der Waals surface area (Å²) in [5.41, 5.74) is 26.6. The second-order valence-corrected chi connectivity index (χ2v) is 15.3. The summed E-state index contributed by atoms with van der Waals surface area (Å²) in [6.45, 7) is 0. The molecule has 0 spiro atoms. The Hall–Kier alpha value is -4.12. The van der Waals surface area contributed by atoms with Gasteiger partial charge in [-0.05, 0) is 35.4 Å². The van der Waals surface area contributed by atoms with Gasteiger partial charge in [0.15, 0.2) is 17.5 Å². The fourth-order valence-corrected chi connectivity index (χ4v) is 8.40. The van der Waals surface area contributed by atoms with E-state index in [4.69, 9.17) is 19.4 Å². The number of rotatable bonds is 4. The van der Waals surface area contributed by atoms with Crippen LogP contribution in [0.25, 0.3) is 67.2 Å². The van der Waals surface area contributed by atoms with Crippen LogP contribution in [-0.4, -0.2) is 133 Å². The molecule has 0 fully saturated rings. The Kier molecular flexibility index (Phi) is 9.12. The lowest BCUT2D eigenvalue weighted by Gasteiger charge is -2.22. The molecule has 0 amide bonds. The Morgan fingerprint density at radius 3 is 0.981 bits per heavy atom. The molecule has 2 aromatic heterocycles. The molecule has 0 aliphatic carbocycles. The molecule has 5 aromatic carbocycles. The van der Waals surface area contributed by atoms with Crippen LogP contribution in [0.3, 0.4) is 0 Å². The van der Waals surface area contributed by atoms with Gasteiger partial charge in [0.2, 0.25) is 0 Å². The van der Waals surface area contributed by atoms with E-state index in [0.29, 0.717) is 17.5 Å². The van der Waals surface area contributed by atoms with Crippen LogP contribution in [-0.2, 0) is 0 Å². The largest absolute Gasteiger partial charge is 0.456 e. The van der Waals surface area contributed by atoms with Crippen molar-refractivity contribution in [3.05, 3.63) is 36.4 Å². The van der Waals surface area contributed by atoms with Crippen molar-refractivity contribution in [2.45, 2.75) is 0 Å². The molecule has 7 rings (SSSR count). The van der Waals surface area contributed by atoms with Gasteiger partial charge in [-0.15, -0.1) is 49.2 Å². The third-order valence-corrected chi connectivity index (χ3v) is 13.1. The van der Waals surface area contributed by atoms with Gasteiger partial charge in [-0.2, -0.15) is 0 Å². The van der Waals surface area contributed by atoms with Crippen molar-refractivity contribution in [1.29, 1.82) is 0 Å². The summed E-state index contributed by atoms with van der Waals surface area (Å²) in [5.74, 6) is 2.06. The summed E-state index contributed by atoms with van der Waals surface area (Å²) in [5, 5.41) is 2.18. The lowest BCUT2D eigenvalue weighted by atomic mass is 9.59. The van der Waals surface area contributed by atoms with Crippen LogP contribution < -0.4 is 81.9 Å². The zero-order valence-electron chi connectivity index (χ0n) is 33.7. The molecule has 0 aliphatic rings. The van der Waals surface area contributed by atoms with E-state index in [0.717, 1.165) is 38.6 Å². The van der Waals surface area contributed by atoms with Crippen LogP contribution in [0.2, 0.25) is 0 Å². The predicted molar refractivity (Wildman–Crippen MR) is 272 cm³/mol. The average molecular weight is 653 g/mol. The lowest BCUT2D eigenvalue weighted by molar-refractivity contribution is 0.669. The van der Waals surface area contributed by atoms with Crippen molar-refractivity contribution >= 4 is 222 Å². The molecule has 19 heteroatoms. The first-order valence-electron chi connectivity index (χ1n) is 18.5. The number of furan rings is 1. The second kappa shape index (κ2) is 13.1. The molecule has 0 saturated heterocycles. The number of aromatic nitrogens is 3. The Balaban J connectivity index is 1.46. The van der Waals surface area contributed by atoms with E-state index in [9.17, 15) is 0 Å². The van der Waals surface area contributed by atoms with Crippen molar-refractivity contribution in [2.75, 3.05) is 0 Å². The van der Waals surface area contributed by atoms with Gasteiger partial charge >= 0.3 is 0 Å². The summed E-state index contributed by atoms with van der Waals surface area (Å²) in [7, 11) is 33.2. The standard InChI is InChI=1S/C33H36B15N3O/c34-16-13(17(35)23(41)28(46)22(16)40)7-1-3-9-10-4-2-8(6-12(10)52-11(9)5-7)31-49-32(14-18(36)24(42)29(47)25(43)19(14)37)51-33(50-31)15-20(38)26(44)30(48)27(45)21(15)39/h1-6H,34-48H2. The Labute approximate surface area is 321 Å². The maximum atomic E-state index is 6.66. The van der Waals surface area contributed by atoms with E-state index in [-0.39, 0.29) is 0 Å². The van der Waals surface area contributed by atoms with Crippen LogP contribution in [0.4, 0.5) is 0 Å². The van der Waals surface area contributed by atoms with Crippen molar-refractivity contribution in [1.82, 2.24) is 15.0 Å². The van der Waals surface area contributed by atoms with Gasteiger partial charge in [-0.25, -0.2) is 15.0 Å². The number of nitrogens with zero attached hydrogens (tertiary/aromatic N) is 3. The highest BCUT2D eigenvalue weighted by Crippen LogP contribution is 2.34. The molecule has 0 N–H and O–H groups in total. The van der Waals surface area contributed by atoms with Crippen molar-refractivity contribution in [3.63, 3.8) is 0 Å². The molecule has 0 atom stereocenters. The third kappa shape index (κ3) is 5.48. The normalized spacial score (nSPS) is 11.5. The van der Waals surface area contributed by atoms with Gasteiger partial charge in [-0.3, -0.25) is 0 Å². The highest BCUT2D eigenvalue weighted by molar-refractivity contribution is 6.71. The lowest BCUT2D eigenvalue weighted by Crippen LogP contribution is -2.55. The maximum absolute atomic E-state index is 6.66. The molecule has 234 valence electrons. The monoisotopic (exact) mass is 655 g/mol. The Morgan fingerprint density at radius 1 is 0.308 bits per heavy atom. The molecule has 0 unspecified atom stereocenters. The van der Waals surface area contributed by atoms with Gasteiger partial charge in [0, 0.05) is 27.5 Å². The molecule has 0 aliphatic heterocycles. The molecule has 0 saturated carbocycles. The zero-order chi connectivity index (χ0) is 37.7.